The molecule has 0 atom stereocenters. The maximum absolute atomic E-state index is 10.1. The molecule has 3 N–H and O–H groups in total. The Morgan fingerprint density at radius 2 is 2.27 bits per heavy atom. The summed E-state index contributed by atoms with van der Waals surface area (Å²) in [5.74, 6) is -1.13. The fourth-order valence-corrected chi connectivity index (χ4v) is 0.278. The molecule has 0 bridgehead atoms. The number of carboxylic acid groups (broad SMARTS) is 1. The van der Waals surface area contributed by atoms with Gasteiger partial charge in [-0.05, 0) is 6.20 Å². The molecule has 0 aliphatic rings. The highest BCUT2D eigenvalue weighted by atomic mass is 16.4. The summed E-state index contributed by atoms with van der Waals surface area (Å²) < 4.78 is 0. The Bertz CT molecular complexity index is 233. The zero-order valence-corrected chi connectivity index (χ0v) is 6.24. The van der Waals surface area contributed by atoms with Gasteiger partial charge in [-0.15, -0.1) is 0 Å². The van der Waals surface area contributed by atoms with E-state index in [0.29, 0.717) is 5.47 Å². The van der Waals surface area contributed by atoms with Crippen LogP contribution in [0, 0.1) is 0 Å². The first kappa shape index (κ1) is 9.48. The maximum Gasteiger partial charge on any atom is 0.353 e. The average molecular weight is 152 g/mol. The number of allylic oxidation sites excluding steroid dienone is 1. The average Bonchev–Trinajstić information content (AvgIpc) is 1.99. The molecule has 4 nitrogen and oxygen atoms in total. The first-order chi connectivity index (χ1) is 5.07. The molecule has 0 aromatic carbocycles. The van der Waals surface area contributed by atoms with Crippen LogP contribution in [0.15, 0.2) is 28.9 Å². The number of nitrogens with zero attached hydrogens (tertiary/aromatic N) is 1. The molecule has 0 fully saturated rings. The lowest BCUT2D eigenvalue weighted by atomic mass is 9.99. The minimum atomic E-state index is -1.13. The monoisotopic (exact) mass is 152 g/mol. The predicted octanol–water partition coefficient (Wildman–Crippen LogP) is -0.911. The second-order valence-electron chi connectivity index (χ2n) is 1.92. The lowest BCUT2D eigenvalue weighted by Gasteiger charge is -1.89. The van der Waals surface area contributed by atoms with E-state index in [0.717, 1.165) is 0 Å². The Kier molecular flexibility index (Phi) is 3.73. The number of aliphatic imine (C=N–C) groups is 1. The standard InChI is InChI=1S/C6H9BN2O2/c1-4(6(10)11)9-3-5(7)2-8/h2-3H,1,7-8H2,(H,10,11)/b5-2+,9-3-. The number of nitrogens with two attached hydrogens (primary N) is 1. The quantitative estimate of drug-likeness (QED) is 0.312. The number of aliphatic carboxylic acids is 1. The zero-order chi connectivity index (χ0) is 8.85. The van der Waals surface area contributed by atoms with E-state index in [1.54, 1.807) is 7.85 Å². The Balaban J connectivity index is 4.15. The molecule has 0 amide bonds. The fourth-order valence-electron chi connectivity index (χ4n) is 0.278. The van der Waals surface area contributed by atoms with Crippen molar-refractivity contribution >= 4 is 20.0 Å². The van der Waals surface area contributed by atoms with Crippen LogP contribution in [0.2, 0.25) is 0 Å². The zero-order valence-electron chi connectivity index (χ0n) is 6.24. The highest BCUT2D eigenvalue weighted by Gasteiger charge is 1.98. The maximum atomic E-state index is 10.1. The van der Waals surface area contributed by atoms with Crippen LogP contribution >= 0.6 is 0 Å². The Morgan fingerprint density at radius 1 is 1.73 bits per heavy atom. The van der Waals surface area contributed by atoms with Crippen molar-refractivity contribution in [2.45, 2.75) is 0 Å². The van der Waals surface area contributed by atoms with Crippen LogP contribution in [0.4, 0.5) is 0 Å². The largest absolute Gasteiger partial charge is 0.477 e. The molecule has 5 heteroatoms. The van der Waals surface area contributed by atoms with Crippen molar-refractivity contribution in [3.8, 4) is 0 Å². The van der Waals surface area contributed by atoms with Gasteiger partial charge in [0.1, 0.15) is 13.5 Å². The highest BCUT2D eigenvalue weighted by Crippen LogP contribution is 1.91. The molecule has 0 aromatic heterocycles. The molecule has 58 valence electrons. The normalized spacial score (nSPS) is 11.8. The van der Waals surface area contributed by atoms with Gasteiger partial charge in [-0.25, -0.2) is 4.79 Å². The lowest BCUT2D eigenvalue weighted by Crippen LogP contribution is -1.97. The number of carbonyl (C=O) groups is 1. The van der Waals surface area contributed by atoms with Crippen molar-refractivity contribution in [3.63, 3.8) is 0 Å². The molecule has 0 heterocycles. The van der Waals surface area contributed by atoms with Crippen molar-refractivity contribution in [3.05, 3.63) is 23.9 Å². The van der Waals surface area contributed by atoms with Crippen LogP contribution in [0.1, 0.15) is 0 Å². The van der Waals surface area contributed by atoms with Crippen molar-refractivity contribution in [1.29, 1.82) is 0 Å². The number of hydrogen-bond acceptors (Lipinski definition) is 3. The van der Waals surface area contributed by atoms with Crippen LogP contribution < -0.4 is 5.73 Å². The van der Waals surface area contributed by atoms with E-state index >= 15 is 0 Å². The second kappa shape index (κ2) is 4.32. The van der Waals surface area contributed by atoms with Gasteiger partial charge >= 0.3 is 5.97 Å². The van der Waals surface area contributed by atoms with Gasteiger partial charge < -0.3 is 10.8 Å². The summed E-state index contributed by atoms with van der Waals surface area (Å²) in [6.07, 6.45) is 2.68. The molecule has 0 aliphatic carbocycles. The van der Waals surface area contributed by atoms with Crippen LogP contribution in [-0.2, 0) is 4.79 Å². The number of rotatable bonds is 3. The third kappa shape index (κ3) is 3.97. The van der Waals surface area contributed by atoms with Gasteiger partial charge in [0.15, 0.2) is 0 Å². The molecule has 11 heavy (non-hydrogen) atoms. The van der Waals surface area contributed by atoms with Gasteiger partial charge in [0.05, 0.1) is 0 Å². The molecule has 0 aromatic rings. The fraction of sp³-hybridized carbons (Fsp3) is 0. The minimum Gasteiger partial charge on any atom is -0.477 e. The SMILES string of the molecule is BC(/C=N\C(=C)C(=O)O)=C/N. The van der Waals surface area contributed by atoms with Crippen LogP contribution in [0.5, 0.6) is 0 Å². The second-order valence-corrected chi connectivity index (χ2v) is 1.92. The van der Waals surface area contributed by atoms with Crippen molar-refractivity contribution in [2.24, 2.45) is 10.7 Å². The van der Waals surface area contributed by atoms with Crippen molar-refractivity contribution in [1.82, 2.24) is 0 Å². The molecule has 0 radical (unpaired) electrons. The molecule has 0 unspecified atom stereocenters. The molecule has 0 rings (SSSR count). The van der Waals surface area contributed by atoms with Crippen molar-refractivity contribution in [2.75, 3.05) is 0 Å². The smallest absolute Gasteiger partial charge is 0.353 e. The Morgan fingerprint density at radius 3 is 2.64 bits per heavy atom. The topological polar surface area (TPSA) is 75.7 Å². The molecular formula is C6H9BN2O2. The summed E-state index contributed by atoms with van der Waals surface area (Å²) >= 11 is 0. The minimum absolute atomic E-state index is 0.203. The van der Waals surface area contributed by atoms with E-state index in [-0.39, 0.29) is 5.70 Å². The highest BCUT2D eigenvalue weighted by molar-refractivity contribution is 6.32. The van der Waals surface area contributed by atoms with Gasteiger partial charge in [-0.2, -0.15) is 0 Å². The molecule has 0 saturated heterocycles. The number of hydrogen-bond donors (Lipinski definition) is 2. The van der Waals surface area contributed by atoms with Gasteiger partial charge in [-0.1, -0.05) is 12.1 Å². The summed E-state index contributed by atoms with van der Waals surface area (Å²) in [7, 11) is 1.71. The van der Waals surface area contributed by atoms with E-state index in [2.05, 4.69) is 11.6 Å². The first-order valence-electron chi connectivity index (χ1n) is 2.92. The van der Waals surface area contributed by atoms with Gasteiger partial charge in [0.25, 0.3) is 0 Å². The third-order valence-electron chi connectivity index (χ3n) is 0.934. The van der Waals surface area contributed by atoms with E-state index in [4.69, 9.17) is 10.8 Å². The predicted molar refractivity (Wildman–Crippen MR) is 46.1 cm³/mol. The van der Waals surface area contributed by atoms with Gasteiger partial charge in [0.2, 0.25) is 0 Å². The summed E-state index contributed by atoms with van der Waals surface area (Å²) in [5.41, 5.74) is 5.59. The summed E-state index contributed by atoms with van der Waals surface area (Å²) in [5, 5.41) is 8.30. The van der Waals surface area contributed by atoms with Crippen LogP contribution in [0.3, 0.4) is 0 Å². The van der Waals surface area contributed by atoms with E-state index in [9.17, 15) is 4.79 Å². The van der Waals surface area contributed by atoms with Gasteiger partial charge in [-0.3, -0.25) is 4.99 Å². The van der Waals surface area contributed by atoms with Gasteiger partial charge in [0, 0.05) is 6.21 Å². The molecule has 0 spiro atoms. The lowest BCUT2D eigenvalue weighted by molar-refractivity contribution is -0.132. The molecule has 0 aliphatic heterocycles. The number of carboxylic acids is 1. The third-order valence-corrected chi connectivity index (χ3v) is 0.934. The summed E-state index contributed by atoms with van der Waals surface area (Å²) in [6.45, 7) is 3.19. The Labute approximate surface area is 65.5 Å². The summed E-state index contributed by atoms with van der Waals surface area (Å²) in [6, 6.07) is 0. The van der Waals surface area contributed by atoms with Crippen molar-refractivity contribution < 1.29 is 9.90 Å². The Hall–Kier alpha value is -1.52. The summed E-state index contributed by atoms with van der Waals surface area (Å²) in [4.78, 5) is 13.7. The van der Waals surface area contributed by atoms with E-state index in [1.807, 2.05) is 0 Å². The van der Waals surface area contributed by atoms with E-state index in [1.165, 1.54) is 12.4 Å². The van der Waals surface area contributed by atoms with E-state index < -0.39 is 5.97 Å². The molecule has 0 saturated carbocycles. The first-order valence-corrected chi connectivity index (χ1v) is 2.92. The van der Waals surface area contributed by atoms with Crippen LogP contribution in [0.25, 0.3) is 0 Å². The van der Waals surface area contributed by atoms with Crippen LogP contribution in [-0.4, -0.2) is 25.1 Å². The molecular weight excluding hydrogens is 143 g/mol.